The van der Waals surface area contributed by atoms with E-state index in [1.807, 2.05) is 0 Å². The quantitative estimate of drug-likeness (QED) is 0.637. The van der Waals surface area contributed by atoms with Crippen molar-refractivity contribution in [1.82, 2.24) is 4.98 Å². The number of rotatable bonds is 1. The van der Waals surface area contributed by atoms with Crippen LogP contribution in [0.3, 0.4) is 0 Å². The summed E-state index contributed by atoms with van der Waals surface area (Å²) in [6.07, 6.45) is 0. The van der Waals surface area contributed by atoms with Gasteiger partial charge in [0.05, 0.1) is 10.7 Å². The number of fused-ring (bicyclic) bond motifs is 1. The largest absolute Gasteiger partial charge is 0.436 e. The van der Waals surface area contributed by atoms with E-state index in [-0.39, 0.29) is 11.5 Å². The van der Waals surface area contributed by atoms with Crippen LogP contribution in [0.2, 0.25) is 5.02 Å². The Kier molecular flexibility index (Phi) is 3.14. The number of nitrogens with zero attached hydrogens (tertiary/aromatic N) is 1. The molecule has 0 amide bonds. The van der Waals surface area contributed by atoms with Crippen molar-refractivity contribution < 1.29 is 13.2 Å². The summed E-state index contributed by atoms with van der Waals surface area (Å²) in [6, 6.07) is 5.21. The fourth-order valence-corrected chi connectivity index (χ4v) is 2.38. The van der Waals surface area contributed by atoms with Crippen molar-refractivity contribution in [1.29, 1.82) is 0 Å². The van der Waals surface area contributed by atoms with E-state index in [1.165, 1.54) is 12.1 Å². The molecule has 3 nitrogen and oxygen atoms in total. The van der Waals surface area contributed by atoms with Crippen LogP contribution < -0.4 is 5.73 Å². The van der Waals surface area contributed by atoms with Crippen molar-refractivity contribution in [3.63, 3.8) is 0 Å². The summed E-state index contributed by atoms with van der Waals surface area (Å²) in [7, 11) is 0. The SMILES string of the molecule is Nc1cc2oc(-c3c(F)cc(Br)cc3F)nc2cc1Cl. The van der Waals surface area contributed by atoms with Gasteiger partial charge in [-0.05, 0) is 18.2 Å². The second-order valence-corrected chi connectivity index (χ2v) is 5.43. The van der Waals surface area contributed by atoms with Crippen molar-refractivity contribution in [2.45, 2.75) is 0 Å². The summed E-state index contributed by atoms with van der Waals surface area (Å²) in [6.45, 7) is 0. The first kappa shape index (κ1) is 13.3. The Bertz CT molecular complexity index is 773. The van der Waals surface area contributed by atoms with Gasteiger partial charge in [-0.1, -0.05) is 27.5 Å². The van der Waals surface area contributed by atoms with Crippen LogP contribution in [0, 0.1) is 11.6 Å². The molecule has 0 spiro atoms. The first-order valence-electron chi connectivity index (χ1n) is 5.46. The van der Waals surface area contributed by atoms with Gasteiger partial charge in [0.2, 0.25) is 5.89 Å². The lowest BCUT2D eigenvalue weighted by atomic mass is 10.2. The number of nitrogen functional groups attached to an aromatic ring is 1. The van der Waals surface area contributed by atoms with Gasteiger partial charge in [-0.3, -0.25) is 0 Å². The predicted molar refractivity (Wildman–Crippen MR) is 76.5 cm³/mol. The normalized spacial score (nSPS) is 11.2. The minimum Gasteiger partial charge on any atom is -0.436 e. The first-order chi connectivity index (χ1) is 9.45. The molecule has 102 valence electrons. The molecule has 0 aliphatic carbocycles. The van der Waals surface area contributed by atoms with Crippen LogP contribution in [0.1, 0.15) is 0 Å². The molecule has 0 fully saturated rings. The van der Waals surface area contributed by atoms with E-state index in [9.17, 15) is 8.78 Å². The maximum atomic E-state index is 13.9. The average molecular weight is 360 g/mol. The zero-order valence-electron chi connectivity index (χ0n) is 9.75. The Labute approximate surface area is 125 Å². The molecule has 2 N–H and O–H groups in total. The van der Waals surface area contributed by atoms with E-state index in [1.54, 1.807) is 0 Å². The number of hydrogen-bond donors (Lipinski definition) is 1. The molecule has 1 aromatic heterocycles. The average Bonchev–Trinajstić information content (AvgIpc) is 2.70. The van der Waals surface area contributed by atoms with Gasteiger partial charge in [0.25, 0.3) is 0 Å². The number of hydrogen-bond acceptors (Lipinski definition) is 3. The molecule has 0 aliphatic heterocycles. The van der Waals surface area contributed by atoms with Crippen LogP contribution >= 0.6 is 27.5 Å². The topological polar surface area (TPSA) is 52.0 Å². The highest BCUT2D eigenvalue weighted by Crippen LogP contribution is 2.33. The third-order valence-corrected chi connectivity index (χ3v) is 3.51. The number of oxazole rings is 1. The fraction of sp³-hybridized carbons (Fsp3) is 0. The van der Waals surface area contributed by atoms with E-state index < -0.39 is 11.6 Å². The highest BCUT2D eigenvalue weighted by molar-refractivity contribution is 9.10. The van der Waals surface area contributed by atoms with Crippen molar-refractivity contribution >= 4 is 44.3 Å². The van der Waals surface area contributed by atoms with Crippen LogP contribution in [-0.2, 0) is 0 Å². The predicted octanol–water partition coefficient (Wildman–Crippen LogP) is 4.77. The number of benzene rings is 2. The minimum absolute atomic E-state index is 0.163. The summed E-state index contributed by atoms with van der Waals surface area (Å²) >= 11 is 8.87. The van der Waals surface area contributed by atoms with Gasteiger partial charge in [-0.15, -0.1) is 0 Å². The van der Waals surface area contributed by atoms with Crippen LogP contribution in [0.15, 0.2) is 33.2 Å². The standard InChI is InChI=1S/C13H6BrClF2N2O/c14-5-1-7(16)12(8(17)2-5)13-19-10-3-6(15)9(18)4-11(10)20-13/h1-4H,18H2. The van der Waals surface area contributed by atoms with Crippen LogP contribution in [-0.4, -0.2) is 4.98 Å². The molecule has 20 heavy (non-hydrogen) atoms. The fourth-order valence-electron chi connectivity index (χ4n) is 1.82. The number of aromatic nitrogens is 1. The number of anilines is 1. The molecule has 0 bridgehead atoms. The van der Waals surface area contributed by atoms with E-state index in [4.69, 9.17) is 21.8 Å². The zero-order chi connectivity index (χ0) is 14.4. The lowest BCUT2D eigenvalue weighted by molar-refractivity contribution is 0.560. The van der Waals surface area contributed by atoms with E-state index in [0.29, 0.717) is 26.3 Å². The van der Waals surface area contributed by atoms with E-state index >= 15 is 0 Å². The van der Waals surface area contributed by atoms with Gasteiger partial charge in [0.1, 0.15) is 22.7 Å². The van der Waals surface area contributed by atoms with Gasteiger partial charge < -0.3 is 10.2 Å². The first-order valence-corrected chi connectivity index (χ1v) is 6.63. The molecule has 0 aliphatic rings. The maximum absolute atomic E-state index is 13.9. The lowest BCUT2D eigenvalue weighted by Crippen LogP contribution is -1.90. The molecular weight excluding hydrogens is 354 g/mol. The molecule has 0 atom stereocenters. The molecule has 3 rings (SSSR count). The molecule has 3 aromatic rings. The van der Waals surface area contributed by atoms with Crippen molar-refractivity contribution in [3.8, 4) is 11.5 Å². The number of halogens is 4. The van der Waals surface area contributed by atoms with Crippen molar-refractivity contribution in [3.05, 3.63) is 45.4 Å². The van der Waals surface area contributed by atoms with Gasteiger partial charge in [-0.2, -0.15) is 0 Å². The molecule has 0 unspecified atom stereocenters. The molecule has 0 saturated heterocycles. The van der Waals surface area contributed by atoms with Crippen molar-refractivity contribution in [2.75, 3.05) is 5.73 Å². The lowest BCUT2D eigenvalue weighted by Gasteiger charge is -2.00. The molecule has 1 heterocycles. The third kappa shape index (κ3) is 2.14. The zero-order valence-corrected chi connectivity index (χ0v) is 12.1. The van der Waals surface area contributed by atoms with Crippen LogP contribution in [0.5, 0.6) is 0 Å². The molecule has 0 radical (unpaired) electrons. The molecule has 0 saturated carbocycles. The second kappa shape index (κ2) is 4.71. The summed E-state index contributed by atoms with van der Waals surface area (Å²) in [5.74, 6) is -1.71. The van der Waals surface area contributed by atoms with Gasteiger partial charge in [0, 0.05) is 10.5 Å². The van der Waals surface area contributed by atoms with Gasteiger partial charge in [-0.25, -0.2) is 13.8 Å². The Morgan fingerprint density at radius 3 is 2.45 bits per heavy atom. The summed E-state index contributed by atoms with van der Waals surface area (Å²) in [5.41, 5.74) is 6.29. The molecular formula is C13H6BrClF2N2O. The summed E-state index contributed by atoms with van der Waals surface area (Å²) < 4.78 is 33.4. The minimum atomic E-state index is -0.775. The Hall–Kier alpha value is -1.66. The number of nitrogens with two attached hydrogens (primary N) is 1. The van der Waals surface area contributed by atoms with Crippen LogP contribution in [0.4, 0.5) is 14.5 Å². The highest BCUT2D eigenvalue weighted by atomic mass is 79.9. The highest BCUT2D eigenvalue weighted by Gasteiger charge is 2.19. The maximum Gasteiger partial charge on any atom is 0.233 e. The monoisotopic (exact) mass is 358 g/mol. The van der Waals surface area contributed by atoms with Crippen LogP contribution in [0.25, 0.3) is 22.6 Å². The van der Waals surface area contributed by atoms with Crippen molar-refractivity contribution in [2.24, 2.45) is 0 Å². The summed E-state index contributed by atoms with van der Waals surface area (Å²) in [4.78, 5) is 4.03. The molecule has 7 heteroatoms. The van der Waals surface area contributed by atoms with E-state index in [0.717, 1.165) is 12.1 Å². The van der Waals surface area contributed by atoms with Gasteiger partial charge in [0.15, 0.2) is 5.58 Å². The summed E-state index contributed by atoms with van der Waals surface area (Å²) in [5, 5.41) is 0.300. The van der Waals surface area contributed by atoms with Gasteiger partial charge >= 0.3 is 0 Å². The second-order valence-electron chi connectivity index (χ2n) is 4.10. The molecule has 2 aromatic carbocycles. The Morgan fingerprint density at radius 1 is 1.15 bits per heavy atom. The Morgan fingerprint density at radius 2 is 1.80 bits per heavy atom. The third-order valence-electron chi connectivity index (χ3n) is 2.73. The Balaban J connectivity index is 2.25. The van der Waals surface area contributed by atoms with E-state index in [2.05, 4.69) is 20.9 Å². The smallest absolute Gasteiger partial charge is 0.233 e.